The lowest BCUT2D eigenvalue weighted by Crippen LogP contribution is -2.34. The van der Waals surface area contributed by atoms with Crippen LogP contribution in [0.15, 0.2) is 24.4 Å². The lowest BCUT2D eigenvalue weighted by molar-refractivity contribution is 0.409. The third kappa shape index (κ3) is 6.20. The summed E-state index contributed by atoms with van der Waals surface area (Å²) in [6.07, 6.45) is 9.93. The van der Waals surface area contributed by atoms with E-state index in [4.69, 9.17) is 0 Å². The van der Waals surface area contributed by atoms with E-state index in [0.29, 0.717) is 12.0 Å². The normalized spacial score (nSPS) is 14.3. The lowest BCUT2D eigenvalue weighted by Gasteiger charge is -2.24. The van der Waals surface area contributed by atoms with E-state index in [0.717, 1.165) is 6.54 Å². The molecule has 0 amide bonds. The lowest BCUT2D eigenvalue weighted by atomic mass is 9.92. The van der Waals surface area contributed by atoms with E-state index >= 15 is 0 Å². The molecule has 0 aliphatic heterocycles. The molecule has 19 heavy (non-hydrogen) atoms. The molecule has 0 aromatic carbocycles. The van der Waals surface area contributed by atoms with Crippen LogP contribution in [0, 0.1) is 0 Å². The summed E-state index contributed by atoms with van der Waals surface area (Å²) in [5, 5.41) is 3.63. The van der Waals surface area contributed by atoms with Crippen LogP contribution in [0.3, 0.4) is 0 Å². The highest BCUT2D eigenvalue weighted by Gasteiger charge is 2.18. The fourth-order valence-corrected chi connectivity index (χ4v) is 2.61. The molecule has 0 saturated heterocycles. The zero-order valence-corrected chi connectivity index (χ0v) is 12.9. The second-order valence-corrected chi connectivity index (χ2v) is 5.41. The monoisotopic (exact) mass is 262 g/mol. The van der Waals surface area contributed by atoms with Crippen molar-refractivity contribution in [3.63, 3.8) is 0 Å². The van der Waals surface area contributed by atoms with Gasteiger partial charge in [-0.05, 0) is 25.1 Å². The van der Waals surface area contributed by atoms with Crippen molar-refractivity contribution in [2.45, 2.75) is 71.3 Å². The largest absolute Gasteiger partial charge is 0.314 e. The van der Waals surface area contributed by atoms with E-state index < -0.39 is 0 Å². The van der Waals surface area contributed by atoms with Gasteiger partial charge in [0.2, 0.25) is 0 Å². The molecule has 0 radical (unpaired) electrons. The second kappa shape index (κ2) is 9.96. The van der Waals surface area contributed by atoms with Crippen molar-refractivity contribution in [1.29, 1.82) is 0 Å². The molecule has 0 aliphatic rings. The maximum atomic E-state index is 4.50. The molecular weight excluding hydrogens is 232 g/mol. The van der Waals surface area contributed by atoms with Gasteiger partial charge in [0.05, 0.1) is 0 Å². The number of aromatic nitrogens is 1. The van der Waals surface area contributed by atoms with Gasteiger partial charge in [0.25, 0.3) is 0 Å². The molecule has 1 rings (SSSR count). The Bertz CT molecular complexity index is 310. The minimum absolute atomic E-state index is 0.493. The van der Waals surface area contributed by atoms with Crippen molar-refractivity contribution in [2.75, 3.05) is 6.54 Å². The van der Waals surface area contributed by atoms with E-state index in [2.05, 4.69) is 43.2 Å². The van der Waals surface area contributed by atoms with Crippen molar-refractivity contribution < 1.29 is 0 Å². The minimum atomic E-state index is 0.493. The van der Waals surface area contributed by atoms with Gasteiger partial charge in [-0.15, -0.1) is 0 Å². The first-order valence-electron chi connectivity index (χ1n) is 7.93. The first kappa shape index (κ1) is 16.2. The summed E-state index contributed by atoms with van der Waals surface area (Å²) >= 11 is 0. The van der Waals surface area contributed by atoms with Gasteiger partial charge in [0.1, 0.15) is 0 Å². The Balaban J connectivity index is 2.42. The molecule has 1 aromatic heterocycles. The smallest absolute Gasteiger partial charge is 0.0447 e. The highest BCUT2D eigenvalue weighted by molar-refractivity contribution is 5.11. The number of unbranched alkanes of at least 4 members (excludes halogenated alkanes) is 4. The molecule has 2 nitrogen and oxygen atoms in total. The number of hydrogen-bond acceptors (Lipinski definition) is 2. The summed E-state index contributed by atoms with van der Waals surface area (Å²) in [4.78, 5) is 4.50. The quantitative estimate of drug-likeness (QED) is 0.627. The van der Waals surface area contributed by atoms with Crippen molar-refractivity contribution >= 4 is 0 Å². The summed E-state index contributed by atoms with van der Waals surface area (Å²) in [6.45, 7) is 7.79. The molecule has 2 heteroatoms. The average Bonchev–Trinajstić information content (AvgIpc) is 2.46. The molecule has 0 spiro atoms. The summed E-state index contributed by atoms with van der Waals surface area (Å²) in [6, 6.07) is 6.78. The summed E-state index contributed by atoms with van der Waals surface area (Å²) < 4.78 is 0. The standard InChI is InChI=1S/C17H30N2/c1-4-6-7-8-9-12-16(18-5-2)15(3)17-13-10-11-14-19-17/h10-11,13-16,18H,4-9,12H2,1-3H3. The topological polar surface area (TPSA) is 24.9 Å². The molecule has 2 atom stereocenters. The van der Waals surface area contributed by atoms with Crippen LogP contribution in [-0.4, -0.2) is 17.6 Å². The molecule has 1 aromatic rings. The molecule has 0 aliphatic carbocycles. The van der Waals surface area contributed by atoms with Crippen LogP contribution in [-0.2, 0) is 0 Å². The molecule has 0 saturated carbocycles. The molecule has 1 heterocycles. The van der Waals surface area contributed by atoms with Gasteiger partial charge in [-0.3, -0.25) is 4.98 Å². The Hall–Kier alpha value is -0.890. The predicted molar refractivity (Wildman–Crippen MR) is 83.5 cm³/mol. The van der Waals surface area contributed by atoms with Gasteiger partial charge in [-0.25, -0.2) is 0 Å². The van der Waals surface area contributed by atoms with Crippen LogP contribution < -0.4 is 5.32 Å². The second-order valence-electron chi connectivity index (χ2n) is 5.41. The van der Waals surface area contributed by atoms with E-state index in [1.165, 1.54) is 44.2 Å². The van der Waals surface area contributed by atoms with Crippen LogP contribution >= 0.6 is 0 Å². The van der Waals surface area contributed by atoms with E-state index in [9.17, 15) is 0 Å². The fourth-order valence-electron chi connectivity index (χ4n) is 2.61. The number of pyridine rings is 1. The highest BCUT2D eigenvalue weighted by atomic mass is 14.9. The number of hydrogen-bond donors (Lipinski definition) is 1. The number of nitrogens with zero attached hydrogens (tertiary/aromatic N) is 1. The minimum Gasteiger partial charge on any atom is -0.314 e. The maximum Gasteiger partial charge on any atom is 0.0447 e. The van der Waals surface area contributed by atoms with Crippen molar-refractivity contribution in [3.8, 4) is 0 Å². The SMILES string of the molecule is CCCCCCCC(NCC)C(C)c1ccccn1. The first-order valence-corrected chi connectivity index (χ1v) is 7.93. The van der Waals surface area contributed by atoms with Crippen LogP contribution in [0.4, 0.5) is 0 Å². The van der Waals surface area contributed by atoms with Crippen molar-refractivity contribution in [2.24, 2.45) is 0 Å². The molecule has 1 N–H and O–H groups in total. The molecular formula is C17H30N2. The van der Waals surface area contributed by atoms with Crippen molar-refractivity contribution in [3.05, 3.63) is 30.1 Å². The third-order valence-electron chi connectivity index (χ3n) is 3.84. The van der Waals surface area contributed by atoms with E-state index in [-0.39, 0.29) is 0 Å². The van der Waals surface area contributed by atoms with Gasteiger partial charge in [-0.2, -0.15) is 0 Å². The maximum absolute atomic E-state index is 4.50. The van der Waals surface area contributed by atoms with Gasteiger partial charge in [0, 0.05) is 23.9 Å². The van der Waals surface area contributed by atoms with Gasteiger partial charge in [0.15, 0.2) is 0 Å². The average molecular weight is 262 g/mol. The summed E-state index contributed by atoms with van der Waals surface area (Å²) in [5.41, 5.74) is 1.21. The Morgan fingerprint density at radius 3 is 2.53 bits per heavy atom. The van der Waals surface area contributed by atoms with Gasteiger partial charge < -0.3 is 5.32 Å². The van der Waals surface area contributed by atoms with Crippen LogP contribution in [0.5, 0.6) is 0 Å². The van der Waals surface area contributed by atoms with E-state index in [1.807, 2.05) is 12.3 Å². The fraction of sp³-hybridized carbons (Fsp3) is 0.706. The van der Waals surface area contributed by atoms with Crippen LogP contribution in [0.25, 0.3) is 0 Å². The third-order valence-corrected chi connectivity index (χ3v) is 3.84. The zero-order valence-electron chi connectivity index (χ0n) is 12.9. The molecule has 2 unspecified atom stereocenters. The number of rotatable bonds is 10. The Morgan fingerprint density at radius 2 is 1.89 bits per heavy atom. The van der Waals surface area contributed by atoms with E-state index in [1.54, 1.807) is 0 Å². The predicted octanol–water partition coefficient (Wildman–Crippen LogP) is 4.52. The Kier molecular flexibility index (Phi) is 8.48. The summed E-state index contributed by atoms with van der Waals surface area (Å²) in [7, 11) is 0. The van der Waals surface area contributed by atoms with Crippen LogP contribution in [0.1, 0.15) is 70.9 Å². The zero-order chi connectivity index (χ0) is 13.9. The van der Waals surface area contributed by atoms with Crippen LogP contribution in [0.2, 0.25) is 0 Å². The van der Waals surface area contributed by atoms with Gasteiger partial charge in [-0.1, -0.05) is 58.9 Å². The van der Waals surface area contributed by atoms with Crippen molar-refractivity contribution in [1.82, 2.24) is 10.3 Å². The number of nitrogens with one attached hydrogen (secondary N) is 1. The molecule has 108 valence electrons. The summed E-state index contributed by atoms with van der Waals surface area (Å²) in [5.74, 6) is 0.493. The highest BCUT2D eigenvalue weighted by Crippen LogP contribution is 2.21. The molecule has 0 fully saturated rings. The Labute approximate surface area is 119 Å². The van der Waals surface area contributed by atoms with Gasteiger partial charge >= 0.3 is 0 Å². The number of likely N-dealkylation sites (N-methyl/N-ethyl adjacent to an activating group) is 1. The Morgan fingerprint density at radius 1 is 1.11 bits per heavy atom. The molecule has 0 bridgehead atoms. The first-order chi connectivity index (χ1) is 9.29.